The summed E-state index contributed by atoms with van der Waals surface area (Å²) < 4.78 is 5.51. The Hall–Kier alpha value is -4.49. The van der Waals surface area contributed by atoms with Crippen molar-refractivity contribution in [2.75, 3.05) is 26.2 Å². The summed E-state index contributed by atoms with van der Waals surface area (Å²) in [5, 5.41) is 22.8. The molecule has 0 N–H and O–H groups in total. The molecule has 0 atom stereocenters. The number of aryl methyl sites for hydroxylation is 2. The van der Waals surface area contributed by atoms with Gasteiger partial charge in [0.05, 0.1) is 29.7 Å². The van der Waals surface area contributed by atoms with Gasteiger partial charge in [0.1, 0.15) is 11.9 Å². The maximum absolute atomic E-state index is 9.69. The molecule has 0 radical (unpaired) electrons. The fourth-order valence-electron chi connectivity index (χ4n) is 4.83. The molecule has 0 aliphatic carbocycles. The maximum atomic E-state index is 9.69. The zero-order valence-electron chi connectivity index (χ0n) is 22.1. The quantitative estimate of drug-likeness (QED) is 0.267. The summed E-state index contributed by atoms with van der Waals surface area (Å²) in [5.74, 6) is 0.844. The SMILES string of the molecule is C=N/C(=C\C=C(/C)c1cc(-c2cnn(C)c2)cn2ncc(C#N)c12)N1CCN(Cc2cnn(CC)c2)CC1. The van der Waals surface area contributed by atoms with Crippen molar-refractivity contribution in [1.82, 2.24) is 39.0 Å². The van der Waals surface area contributed by atoms with Gasteiger partial charge >= 0.3 is 0 Å². The largest absolute Gasteiger partial charge is 0.354 e. The molecule has 1 aliphatic rings. The predicted octanol–water partition coefficient (Wildman–Crippen LogP) is 3.59. The molecule has 1 aliphatic heterocycles. The molecule has 0 amide bonds. The number of nitriles is 1. The Morgan fingerprint density at radius 3 is 2.53 bits per heavy atom. The highest BCUT2D eigenvalue weighted by atomic mass is 15.3. The monoisotopic (exact) mass is 508 g/mol. The third kappa shape index (κ3) is 5.14. The van der Waals surface area contributed by atoms with E-state index in [0.29, 0.717) is 5.56 Å². The Morgan fingerprint density at radius 2 is 1.87 bits per heavy atom. The van der Waals surface area contributed by atoms with Crippen LogP contribution < -0.4 is 0 Å². The molecule has 0 saturated carbocycles. The molecule has 0 aromatic carbocycles. The number of hydrogen-bond acceptors (Lipinski definition) is 7. The highest BCUT2D eigenvalue weighted by Gasteiger charge is 2.19. The first-order valence-corrected chi connectivity index (χ1v) is 12.7. The minimum Gasteiger partial charge on any atom is -0.354 e. The first-order valence-electron chi connectivity index (χ1n) is 12.7. The molecule has 1 saturated heterocycles. The van der Waals surface area contributed by atoms with Crippen LogP contribution in [-0.2, 0) is 20.1 Å². The zero-order valence-corrected chi connectivity index (χ0v) is 22.1. The molecule has 10 heteroatoms. The average molecular weight is 509 g/mol. The minimum absolute atomic E-state index is 0.539. The van der Waals surface area contributed by atoms with Gasteiger partial charge in [-0.25, -0.2) is 9.51 Å². The topological polar surface area (TPSA) is 95.6 Å². The van der Waals surface area contributed by atoms with Crippen LogP contribution in [0, 0.1) is 11.3 Å². The van der Waals surface area contributed by atoms with Gasteiger partial charge in [-0.05, 0) is 38.3 Å². The van der Waals surface area contributed by atoms with E-state index in [1.54, 1.807) is 15.4 Å². The summed E-state index contributed by atoms with van der Waals surface area (Å²) in [6, 6.07) is 4.37. The number of hydrogen-bond donors (Lipinski definition) is 0. The number of pyridine rings is 1. The Morgan fingerprint density at radius 1 is 1.05 bits per heavy atom. The Bertz CT molecular complexity index is 1550. The van der Waals surface area contributed by atoms with Crippen LogP contribution in [0.3, 0.4) is 0 Å². The van der Waals surface area contributed by atoms with Gasteiger partial charge in [0.2, 0.25) is 0 Å². The van der Waals surface area contributed by atoms with Gasteiger partial charge in [0.15, 0.2) is 0 Å². The van der Waals surface area contributed by atoms with E-state index in [2.05, 4.69) is 62.1 Å². The molecule has 4 aromatic heterocycles. The van der Waals surface area contributed by atoms with Crippen molar-refractivity contribution in [1.29, 1.82) is 5.26 Å². The lowest BCUT2D eigenvalue weighted by atomic mass is 10.0. The van der Waals surface area contributed by atoms with Crippen LogP contribution in [0.5, 0.6) is 0 Å². The van der Waals surface area contributed by atoms with E-state index in [0.717, 1.165) is 72.9 Å². The molecular formula is C28H32N10. The number of aliphatic imine (C=N–C) groups is 1. The van der Waals surface area contributed by atoms with E-state index in [1.807, 2.05) is 55.6 Å². The van der Waals surface area contributed by atoms with Crippen LogP contribution in [0.4, 0.5) is 0 Å². The van der Waals surface area contributed by atoms with E-state index in [9.17, 15) is 5.26 Å². The van der Waals surface area contributed by atoms with Crippen molar-refractivity contribution in [3.63, 3.8) is 0 Å². The standard InChI is InChI=1S/C28H32N10/c1-5-37-18-22(14-32-37)17-35-8-10-36(11-9-35)27(30-3)7-6-21(2)26-12-23(25-16-31-34(4)19-25)20-38-28(26)24(13-29)15-33-38/h6-7,12,14-16,18-20H,3,5,8-11,17H2,1-2,4H3/b21-6+,27-7+. The van der Waals surface area contributed by atoms with E-state index < -0.39 is 0 Å². The number of fused-ring (bicyclic) bond motifs is 1. The minimum atomic E-state index is 0.539. The third-order valence-corrected chi connectivity index (χ3v) is 6.95. The van der Waals surface area contributed by atoms with E-state index in [4.69, 9.17) is 0 Å². The van der Waals surface area contributed by atoms with Crippen molar-refractivity contribution in [3.8, 4) is 17.2 Å². The predicted molar refractivity (Wildman–Crippen MR) is 148 cm³/mol. The first-order chi connectivity index (χ1) is 18.5. The van der Waals surface area contributed by atoms with E-state index in [1.165, 1.54) is 5.56 Å². The summed E-state index contributed by atoms with van der Waals surface area (Å²) in [7, 11) is 1.89. The van der Waals surface area contributed by atoms with Gasteiger partial charge in [0.25, 0.3) is 0 Å². The van der Waals surface area contributed by atoms with Crippen molar-refractivity contribution >= 4 is 17.8 Å². The Kier molecular flexibility index (Phi) is 7.20. The normalized spacial score (nSPS) is 15.3. The molecule has 4 aromatic rings. The summed E-state index contributed by atoms with van der Waals surface area (Å²) in [4.78, 5) is 9.05. The molecule has 194 valence electrons. The summed E-state index contributed by atoms with van der Waals surface area (Å²) >= 11 is 0. The van der Waals surface area contributed by atoms with E-state index >= 15 is 0 Å². The summed E-state index contributed by atoms with van der Waals surface area (Å²) in [5.41, 5.74) is 6.48. The lowest BCUT2D eigenvalue weighted by Crippen LogP contribution is -2.45. The van der Waals surface area contributed by atoms with E-state index in [-0.39, 0.29) is 0 Å². The molecule has 0 bridgehead atoms. The van der Waals surface area contributed by atoms with Crippen LogP contribution >= 0.6 is 0 Å². The van der Waals surface area contributed by atoms with Crippen LogP contribution in [0.2, 0.25) is 0 Å². The average Bonchev–Trinajstić information content (AvgIpc) is 3.68. The van der Waals surface area contributed by atoms with Crippen molar-refractivity contribution in [2.45, 2.75) is 26.9 Å². The number of rotatable bonds is 8. The highest BCUT2D eigenvalue weighted by molar-refractivity contribution is 5.84. The molecule has 0 unspecified atom stereocenters. The molecule has 38 heavy (non-hydrogen) atoms. The van der Waals surface area contributed by atoms with Gasteiger partial charge in [-0.3, -0.25) is 14.3 Å². The maximum Gasteiger partial charge on any atom is 0.127 e. The van der Waals surface area contributed by atoms with Gasteiger partial charge in [-0.1, -0.05) is 6.08 Å². The molecule has 5 heterocycles. The Labute approximate surface area is 222 Å². The number of allylic oxidation sites excluding steroid dienone is 3. The second-order valence-corrected chi connectivity index (χ2v) is 9.51. The van der Waals surface area contributed by atoms with Crippen molar-refractivity contribution in [2.24, 2.45) is 12.0 Å². The second-order valence-electron chi connectivity index (χ2n) is 9.51. The Balaban J connectivity index is 1.36. The number of nitrogens with zero attached hydrogens (tertiary/aromatic N) is 10. The van der Waals surface area contributed by atoms with Crippen LogP contribution in [0.25, 0.3) is 22.2 Å². The van der Waals surface area contributed by atoms with Gasteiger partial charge in [-0.2, -0.15) is 20.6 Å². The van der Waals surface area contributed by atoms with Crippen LogP contribution in [-0.4, -0.2) is 71.9 Å². The summed E-state index contributed by atoms with van der Waals surface area (Å²) in [6.45, 7) is 13.4. The fraction of sp³-hybridized carbons (Fsp3) is 0.321. The van der Waals surface area contributed by atoms with Gasteiger partial charge in [-0.15, -0.1) is 0 Å². The molecular weight excluding hydrogens is 476 g/mol. The molecule has 0 spiro atoms. The van der Waals surface area contributed by atoms with Gasteiger partial charge < -0.3 is 4.90 Å². The lowest BCUT2D eigenvalue weighted by molar-refractivity contribution is 0.152. The first kappa shape index (κ1) is 25.2. The van der Waals surface area contributed by atoms with Gasteiger partial charge in [0, 0.05) is 87.2 Å². The van der Waals surface area contributed by atoms with Crippen LogP contribution in [0.15, 0.2) is 66.2 Å². The lowest BCUT2D eigenvalue weighted by Gasteiger charge is -2.35. The summed E-state index contributed by atoms with van der Waals surface area (Å²) in [6.07, 6.45) is 15.5. The number of piperazine rings is 1. The highest BCUT2D eigenvalue weighted by Crippen LogP contribution is 2.29. The zero-order chi connectivity index (χ0) is 26.6. The molecule has 1 fully saturated rings. The van der Waals surface area contributed by atoms with Crippen molar-refractivity contribution < 1.29 is 0 Å². The third-order valence-electron chi connectivity index (χ3n) is 6.95. The molecule has 5 rings (SSSR count). The number of aromatic nitrogens is 6. The smallest absolute Gasteiger partial charge is 0.127 e. The van der Waals surface area contributed by atoms with Crippen molar-refractivity contribution in [3.05, 3.63) is 77.9 Å². The second kappa shape index (κ2) is 10.9. The fourth-order valence-corrected chi connectivity index (χ4v) is 4.83. The van der Waals surface area contributed by atoms with Crippen LogP contribution in [0.1, 0.15) is 30.5 Å². The molecule has 10 nitrogen and oxygen atoms in total.